The van der Waals surface area contributed by atoms with Gasteiger partial charge in [0.2, 0.25) is 5.91 Å². The smallest absolute Gasteiger partial charge is 0.341 e. The van der Waals surface area contributed by atoms with E-state index in [1.807, 2.05) is 12.3 Å². The van der Waals surface area contributed by atoms with Gasteiger partial charge in [0, 0.05) is 11.1 Å². The number of halogens is 1. The lowest BCUT2D eigenvalue weighted by molar-refractivity contribution is -0.139. The highest BCUT2D eigenvalue weighted by Crippen LogP contribution is 2.27. The van der Waals surface area contributed by atoms with Gasteiger partial charge in [0.1, 0.15) is 5.75 Å². The zero-order chi connectivity index (χ0) is 16.8. The van der Waals surface area contributed by atoms with Crippen LogP contribution in [0, 0.1) is 0 Å². The number of benzene rings is 1. The molecule has 0 spiro atoms. The monoisotopic (exact) mass is 354 g/mol. The van der Waals surface area contributed by atoms with Gasteiger partial charge in [-0.1, -0.05) is 18.5 Å². The Labute approximate surface area is 142 Å². The Bertz CT molecular complexity index is 717. The van der Waals surface area contributed by atoms with E-state index in [1.54, 1.807) is 6.07 Å². The number of hydrogen-bond acceptors (Lipinski definition) is 5. The van der Waals surface area contributed by atoms with E-state index in [1.165, 1.54) is 23.5 Å². The Morgan fingerprint density at radius 3 is 2.83 bits per heavy atom. The predicted octanol–water partition coefficient (Wildman–Crippen LogP) is 3.00. The van der Waals surface area contributed by atoms with Crippen LogP contribution < -0.4 is 10.1 Å². The van der Waals surface area contributed by atoms with E-state index in [4.69, 9.17) is 21.4 Å². The van der Waals surface area contributed by atoms with Crippen molar-refractivity contribution in [3.05, 3.63) is 39.3 Å². The van der Waals surface area contributed by atoms with Crippen LogP contribution in [0.15, 0.2) is 23.6 Å². The zero-order valence-electron chi connectivity index (χ0n) is 12.3. The zero-order valence-corrected chi connectivity index (χ0v) is 13.9. The Kier molecular flexibility index (Phi) is 5.95. The van der Waals surface area contributed by atoms with Gasteiger partial charge in [0.05, 0.1) is 22.1 Å². The van der Waals surface area contributed by atoms with Crippen LogP contribution in [0.2, 0.25) is 5.02 Å². The molecule has 6 nitrogen and oxygen atoms in total. The van der Waals surface area contributed by atoms with Crippen LogP contribution in [0.25, 0.3) is 0 Å². The number of hydrogen-bond donors (Lipinski definition) is 2. The van der Waals surface area contributed by atoms with Crippen LogP contribution in [0.3, 0.4) is 0 Å². The minimum absolute atomic E-state index is 0.186. The molecule has 0 saturated heterocycles. The van der Waals surface area contributed by atoms with Crippen LogP contribution in [0.5, 0.6) is 5.75 Å². The predicted molar refractivity (Wildman–Crippen MR) is 88.4 cm³/mol. The van der Waals surface area contributed by atoms with Crippen LogP contribution in [-0.2, 0) is 22.4 Å². The molecule has 0 aliphatic rings. The highest BCUT2D eigenvalue weighted by molar-refractivity contribution is 7.09. The number of aromatic nitrogens is 1. The summed E-state index contributed by atoms with van der Waals surface area (Å²) in [5.41, 5.74) is 1.24. The fourth-order valence-corrected chi connectivity index (χ4v) is 2.78. The van der Waals surface area contributed by atoms with Crippen molar-refractivity contribution in [1.29, 1.82) is 0 Å². The van der Waals surface area contributed by atoms with Crippen molar-refractivity contribution in [3.63, 3.8) is 0 Å². The summed E-state index contributed by atoms with van der Waals surface area (Å²) in [5.74, 6) is -1.04. The Balaban J connectivity index is 1.95. The van der Waals surface area contributed by atoms with Crippen LogP contribution in [0.4, 0.5) is 5.69 Å². The molecule has 0 aliphatic carbocycles. The molecule has 0 aliphatic heterocycles. The first-order chi connectivity index (χ1) is 11.0. The molecule has 1 aromatic carbocycles. The van der Waals surface area contributed by atoms with E-state index in [0.29, 0.717) is 5.69 Å². The number of aryl methyl sites for hydroxylation is 1. The summed E-state index contributed by atoms with van der Waals surface area (Å²) in [6.45, 7) is 1.54. The van der Waals surface area contributed by atoms with Gasteiger partial charge < -0.3 is 15.2 Å². The minimum atomic E-state index is -1.09. The van der Waals surface area contributed by atoms with Crippen molar-refractivity contribution in [3.8, 4) is 5.75 Å². The molecule has 0 unspecified atom stereocenters. The fraction of sp³-hybridized carbons (Fsp3) is 0.267. The first kappa shape index (κ1) is 17.2. The van der Waals surface area contributed by atoms with E-state index >= 15 is 0 Å². The van der Waals surface area contributed by atoms with Gasteiger partial charge in [-0.15, -0.1) is 11.3 Å². The summed E-state index contributed by atoms with van der Waals surface area (Å²) in [6, 6.07) is 4.62. The van der Waals surface area contributed by atoms with Gasteiger partial charge >= 0.3 is 5.97 Å². The number of aliphatic carboxylic acids is 1. The van der Waals surface area contributed by atoms with Crippen molar-refractivity contribution in [2.75, 3.05) is 11.9 Å². The van der Waals surface area contributed by atoms with E-state index in [0.717, 1.165) is 17.1 Å². The topological polar surface area (TPSA) is 88.5 Å². The number of nitrogens with one attached hydrogen (secondary N) is 1. The van der Waals surface area contributed by atoms with Gasteiger partial charge in [-0.05, 0) is 24.6 Å². The minimum Gasteiger partial charge on any atom is -0.480 e. The summed E-state index contributed by atoms with van der Waals surface area (Å²) >= 11 is 7.53. The van der Waals surface area contributed by atoms with E-state index in [9.17, 15) is 9.59 Å². The van der Waals surface area contributed by atoms with Gasteiger partial charge in [-0.2, -0.15) is 0 Å². The van der Waals surface area contributed by atoms with E-state index < -0.39 is 12.6 Å². The molecule has 0 saturated carbocycles. The number of carbonyl (C=O) groups is 2. The van der Waals surface area contributed by atoms with Crippen LogP contribution in [0.1, 0.15) is 17.6 Å². The fourth-order valence-electron chi connectivity index (χ4n) is 1.80. The van der Waals surface area contributed by atoms with E-state index in [-0.39, 0.29) is 23.1 Å². The summed E-state index contributed by atoms with van der Waals surface area (Å²) in [7, 11) is 0. The molecule has 1 heterocycles. The molecule has 1 aromatic heterocycles. The molecule has 1 amide bonds. The average molecular weight is 355 g/mol. The first-order valence-electron chi connectivity index (χ1n) is 6.85. The number of nitrogens with zero attached hydrogens (tertiary/aromatic N) is 1. The third kappa shape index (κ3) is 5.22. The van der Waals surface area contributed by atoms with Gasteiger partial charge in [0.25, 0.3) is 0 Å². The second kappa shape index (κ2) is 7.94. The molecule has 2 rings (SSSR count). The molecule has 2 aromatic rings. The number of anilines is 1. The Morgan fingerprint density at radius 1 is 1.43 bits per heavy atom. The number of ether oxygens (including phenoxy) is 1. The molecular formula is C15H15ClN2O4S. The molecule has 0 bridgehead atoms. The molecule has 0 radical (unpaired) electrons. The molecule has 2 N–H and O–H groups in total. The maximum Gasteiger partial charge on any atom is 0.341 e. The maximum atomic E-state index is 12.0. The summed E-state index contributed by atoms with van der Waals surface area (Å²) < 4.78 is 5.02. The SMILES string of the molecule is CCc1nc(CC(=O)Nc2ccc(OCC(=O)O)c(Cl)c2)cs1. The third-order valence-corrected chi connectivity index (χ3v) is 4.15. The third-order valence-electron chi connectivity index (χ3n) is 2.81. The van der Waals surface area contributed by atoms with Crippen molar-refractivity contribution in [1.82, 2.24) is 4.98 Å². The normalized spacial score (nSPS) is 10.3. The summed E-state index contributed by atoms with van der Waals surface area (Å²) in [4.78, 5) is 26.8. The molecule has 8 heteroatoms. The molecular weight excluding hydrogens is 340 g/mol. The van der Waals surface area contributed by atoms with Gasteiger partial charge in [-0.25, -0.2) is 9.78 Å². The first-order valence-corrected chi connectivity index (χ1v) is 8.11. The number of carboxylic acids is 1. The number of thiazole rings is 1. The number of amides is 1. The summed E-state index contributed by atoms with van der Waals surface area (Å²) in [6.07, 6.45) is 1.03. The Morgan fingerprint density at radius 2 is 2.22 bits per heavy atom. The average Bonchev–Trinajstić information content (AvgIpc) is 2.93. The number of carbonyl (C=O) groups excluding carboxylic acids is 1. The standard InChI is InChI=1S/C15H15ClN2O4S/c1-2-14-18-10(8-23-14)6-13(19)17-9-3-4-12(11(16)5-9)22-7-15(20)21/h3-5,8H,2,6-7H2,1H3,(H,17,19)(H,20,21). The molecule has 23 heavy (non-hydrogen) atoms. The van der Waals surface area contributed by atoms with Crippen molar-refractivity contribution >= 4 is 40.5 Å². The van der Waals surface area contributed by atoms with Crippen LogP contribution >= 0.6 is 22.9 Å². The molecule has 0 fully saturated rings. The van der Waals surface area contributed by atoms with Crippen molar-refractivity contribution in [2.24, 2.45) is 0 Å². The number of rotatable bonds is 7. The second-order valence-electron chi connectivity index (χ2n) is 4.64. The van der Waals surface area contributed by atoms with Crippen LogP contribution in [-0.4, -0.2) is 28.6 Å². The Hall–Kier alpha value is -2.12. The van der Waals surface area contributed by atoms with Crippen molar-refractivity contribution < 1.29 is 19.4 Å². The van der Waals surface area contributed by atoms with Gasteiger partial charge in [-0.3, -0.25) is 4.79 Å². The lowest BCUT2D eigenvalue weighted by atomic mass is 10.2. The summed E-state index contributed by atoms with van der Waals surface area (Å²) in [5, 5.41) is 14.4. The number of carboxylic acid groups (broad SMARTS) is 1. The highest BCUT2D eigenvalue weighted by atomic mass is 35.5. The lowest BCUT2D eigenvalue weighted by Crippen LogP contribution is -2.15. The molecule has 122 valence electrons. The highest BCUT2D eigenvalue weighted by Gasteiger charge is 2.10. The van der Waals surface area contributed by atoms with Crippen molar-refractivity contribution in [2.45, 2.75) is 19.8 Å². The lowest BCUT2D eigenvalue weighted by Gasteiger charge is -2.09. The van der Waals surface area contributed by atoms with E-state index in [2.05, 4.69) is 10.3 Å². The quantitative estimate of drug-likeness (QED) is 0.797. The molecule has 0 atom stereocenters. The largest absolute Gasteiger partial charge is 0.480 e. The maximum absolute atomic E-state index is 12.0. The van der Waals surface area contributed by atoms with Gasteiger partial charge in [0.15, 0.2) is 6.61 Å². The second-order valence-corrected chi connectivity index (χ2v) is 5.99.